The lowest BCUT2D eigenvalue weighted by Gasteiger charge is -2.33. The Morgan fingerprint density at radius 1 is 1.53 bits per heavy atom. The van der Waals surface area contributed by atoms with Crippen molar-refractivity contribution in [2.75, 3.05) is 32.7 Å². The van der Waals surface area contributed by atoms with Crippen LogP contribution in [0.1, 0.15) is 33.6 Å². The van der Waals surface area contributed by atoms with Gasteiger partial charge in [0.05, 0.1) is 5.41 Å². The summed E-state index contributed by atoms with van der Waals surface area (Å²) in [5, 5.41) is 12.6. The SMILES string of the molecule is CCN(CC1CCCNC1)CC(C)(C)C(=O)O. The fourth-order valence-corrected chi connectivity index (χ4v) is 2.38. The number of hydrogen-bond donors (Lipinski definition) is 2. The molecule has 1 aliphatic heterocycles. The van der Waals surface area contributed by atoms with E-state index in [1.165, 1.54) is 12.8 Å². The summed E-state index contributed by atoms with van der Waals surface area (Å²) in [4.78, 5) is 13.4. The molecule has 100 valence electrons. The maximum Gasteiger partial charge on any atom is 0.310 e. The molecule has 1 fully saturated rings. The number of nitrogens with zero attached hydrogens (tertiary/aromatic N) is 1. The molecule has 1 heterocycles. The molecule has 1 unspecified atom stereocenters. The second-order valence-corrected chi connectivity index (χ2v) is 5.73. The van der Waals surface area contributed by atoms with Crippen molar-refractivity contribution >= 4 is 5.97 Å². The Bertz CT molecular complexity index is 248. The number of carbonyl (C=O) groups is 1. The van der Waals surface area contributed by atoms with Crippen LogP contribution in [0.4, 0.5) is 0 Å². The standard InChI is InChI=1S/C13H26N2O2/c1-4-15(10-13(2,3)12(16)17)9-11-6-5-7-14-8-11/h11,14H,4-10H2,1-3H3,(H,16,17). The number of carboxylic acid groups (broad SMARTS) is 1. The van der Waals surface area contributed by atoms with Crippen LogP contribution in [0.5, 0.6) is 0 Å². The quantitative estimate of drug-likeness (QED) is 0.739. The predicted octanol–water partition coefficient (Wildman–Crippen LogP) is 1.42. The first-order chi connectivity index (χ1) is 7.95. The average molecular weight is 242 g/mol. The maximum atomic E-state index is 11.1. The maximum absolute atomic E-state index is 11.1. The summed E-state index contributed by atoms with van der Waals surface area (Å²) >= 11 is 0. The van der Waals surface area contributed by atoms with Gasteiger partial charge in [-0.25, -0.2) is 0 Å². The number of nitrogens with one attached hydrogen (secondary N) is 1. The van der Waals surface area contributed by atoms with E-state index in [2.05, 4.69) is 17.1 Å². The third-order valence-corrected chi connectivity index (χ3v) is 3.56. The molecule has 0 spiro atoms. The first-order valence-electron chi connectivity index (χ1n) is 6.62. The van der Waals surface area contributed by atoms with Crippen LogP contribution in [-0.4, -0.2) is 48.7 Å². The summed E-state index contributed by atoms with van der Waals surface area (Å²) in [5.41, 5.74) is -0.655. The molecular formula is C13H26N2O2. The largest absolute Gasteiger partial charge is 0.481 e. The first kappa shape index (κ1) is 14.5. The van der Waals surface area contributed by atoms with Crippen molar-refractivity contribution in [2.45, 2.75) is 33.6 Å². The molecule has 0 aromatic carbocycles. The van der Waals surface area contributed by atoms with Crippen LogP contribution in [0.15, 0.2) is 0 Å². The summed E-state index contributed by atoms with van der Waals surface area (Å²) in [6.45, 7) is 10.5. The van der Waals surface area contributed by atoms with Crippen LogP contribution in [0, 0.1) is 11.3 Å². The Morgan fingerprint density at radius 3 is 2.71 bits per heavy atom. The molecular weight excluding hydrogens is 216 g/mol. The van der Waals surface area contributed by atoms with Crippen LogP contribution in [0.25, 0.3) is 0 Å². The zero-order valence-corrected chi connectivity index (χ0v) is 11.3. The van der Waals surface area contributed by atoms with Gasteiger partial charge in [-0.3, -0.25) is 4.79 Å². The van der Waals surface area contributed by atoms with Gasteiger partial charge in [0.1, 0.15) is 0 Å². The van der Waals surface area contributed by atoms with Crippen molar-refractivity contribution in [1.29, 1.82) is 0 Å². The van der Waals surface area contributed by atoms with E-state index in [0.717, 1.165) is 26.2 Å². The summed E-state index contributed by atoms with van der Waals surface area (Å²) in [6.07, 6.45) is 2.50. The second-order valence-electron chi connectivity index (χ2n) is 5.73. The number of aliphatic carboxylic acids is 1. The van der Waals surface area contributed by atoms with Gasteiger partial charge in [-0.05, 0) is 52.2 Å². The van der Waals surface area contributed by atoms with Gasteiger partial charge in [0.25, 0.3) is 0 Å². The van der Waals surface area contributed by atoms with Crippen LogP contribution >= 0.6 is 0 Å². The lowest BCUT2D eigenvalue weighted by molar-refractivity contribution is -0.148. The molecule has 1 saturated heterocycles. The molecule has 4 heteroatoms. The molecule has 0 bridgehead atoms. The smallest absolute Gasteiger partial charge is 0.310 e. The van der Waals surface area contributed by atoms with Gasteiger partial charge in [-0.1, -0.05) is 6.92 Å². The van der Waals surface area contributed by atoms with E-state index < -0.39 is 11.4 Å². The van der Waals surface area contributed by atoms with Crippen molar-refractivity contribution in [3.8, 4) is 0 Å². The highest BCUT2D eigenvalue weighted by molar-refractivity contribution is 5.73. The lowest BCUT2D eigenvalue weighted by Crippen LogP contribution is -2.44. The van der Waals surface area contributed by atoms with Crippen molar-refractivity contribution in [3.05, 3.63) is 0 Å². The zero-order chi connectivity index (χ0) is 12.9. The van der Waals surface area contributed by atoms with E-state index in [9.17, 15) is 4.79 Å². The third kappa shape index (κ3) is 4.64. The molecule has 17 heavy (non-hydrogen) atoms. The van der Waals surface area contributed by atoms with Gasteiger partial charge in [-0.15, -0.1) is 0 Å². The van der Waals surface area contributed by atoms with E-state index in [1.54, 1.807) is 13.8 Å². The molecule has 2 N–H and O–H groups in total. The Balaban J connectivity index is 2.44. The lowest BCUT2D eigenvalue weighted by atomic mass is 9.92. The summed E-state index contributed by atoms with van der Waals surface area (Å²) in [5.74, 6) is -0.0361. The van der Waals surface area contributed by atoms with Gasteiger partial charge < -0.3 is 15.3 Å². The summed E-state index contributed by atoms with van der Waals surface area (Å²) < 4.78 is 0. The Hall–Kier alpha value is -0.610. The number of hydrogen-bond acceptors (Lipinski definition) is 3. The molecule has 0 amide bonds. The van der Waals surface area contributed by atoms with E-state index in [1.807, 2.05) is 0 Å². The molecule has 1 rings (SSSR count). The van der Waals surface area contributed by atoms with Gasteiger partial charge in [0, 0.05) is 13.1 Å². The van der Waals surface area contributed by atoms with Gasteiger partial charge >= 0.3 is 5.97 Å². The van der Waals surface area contributed by atoms with Gasteiger partial charge in [0.15, 0.2) is 0 Å². The highest BCUT2D eigenvalue weighted by Gasteiger charge is 2.30. The van der Waals surface area contributed by atoms with E-state index in [4.69, 9.17) is 5.11 Å². The minimum atomic E-state index is -0.710. The highest BCUT2D eigenvalue weighted by Crippen LogP contribution is 2.19. The fraction of sp³-hybridized carbons (Fsp3) is 0.923. The second kappa shape index (κ2) is 6.36. The Morgan fingerprint density at radius 2 is 2.24 bits per heavy atom. The number of rotatable bonds is 6. The molecule has 0 aliphatic carbocycles. The van der Waals surface area contributed by atoms with Crippen molar-refractivity contribution < 1.29 is 9.90 Å². The van der Waals surface area contributed by atoms with Crippen molar-refractivity contribution in [2.24, 2.45) is 11.3 Å². The van der Waals surface area contributed by atoms with Crippen LogP contribution < -0.4 is 5.32 Å². The van der Waals surface area contributed by atoms with Gasteiger partial charge in [-0.2, -0.15) is 0 Å². The van der Waals surface area contributed by atoms with E-state index in [-0.39, 0.29) is 0 Å². The van der Waals surface area contributed by atoms with Crippen LogP contribution in [-0.2, 0) is 4.79 Å². The molecule has 1 atom stereocenters. The van der Waals surface area contributed by atoms with Crippen LogP contribution in [0.3, 0.4) is 0 Å². The Kier molecular flexibility index (Phi) is 5.40. The highest BCUT2D eigenvalue weighted by atomic mass is 16.4. The topological polar surface area (TPSA) is 52.6 Å². The fourth-order valence-electron chi connectivity index (χ4n) is 2.38. The number of piperidine rings is 1. The van der Waals surface area contributed by atoms with E-state index in [0.29, 0.717) is 12.5 Å². The molecule has 0 radical (unpaired) electrons. The predicted molar refractivity (Wildman–Crippen MR) is 69.1 cm³/mol. The summed E-state index contributed by atoms with van der Waals surface area (Å²) in [7, 11) is 0. The van der Waals surface area contributed by atoms with Crippen molar-refractivity contribution in [1.82, 2.24) is 10.2 Å². The van der Waals surface area contributed by atoms with Crippen LogP contribution in [0.2, 0.25) is 0 Å². The monoisotopic (exact) mass is 242 g/mol. The average Bonchev–Trinajstić information content (AvgIpc) is 2.29. The summed E-state index contributed by atoms with van der Waals surface area (Å²) in [6, 6.07) is 0. The third-order valence-electron chi connectivity index (χ3n) is 3.56. The zero-order valence-electron chi connectivity index (χ0n) is 11.3. The normalized spacial score (nSPS) is 21.8. The number of carboxylic acids is 1. The molecule has 0 aromatic rings. The van der Waals surface area contributed by atoms with E-state index >= 15 is 0 Å². The minimum absolute atomic E-state index is 0.634. The molecule has 1 aliphatic rings. The van der Waals surface area contributed by atoms with Crippen molar-refractivity contribution in [3.63, 3.8) is 0 Å². The first-order valence-corrected chi connectivity index (χ1v) is 6.62. The minimum Gasteiger partial charge on any atom is -0.481 e. The Labute approximate surface area is 104 Å². The van der Waals surface area contributed by atoms with Gasteiger partial charge in [0.2, 0.25) is 0 Å². The molecule has 0 saturated carbocycles. The molecule has 0 aromatic heterocycles. The molecule has 4 nitrogen and oxygen atoms in total.